The Morgan fingerprint density at radius 3 is 2.59 bits per heavy atom. The van der Waals surface area contributed by atoms with E-state index < -0.39 is 40.0 Å². The van der Waals surface area contributed by atoms with E-state index in [1.54, 1.807) is 0 Å². The smallest absolute Gasteiger partial charge is 0.346 e. The third kappa shape index (κ3) is 2.27. The number of rotatable bonds is 4. The van der Waals surface area contributed by atoms with E-state index in [4.69, 9.17) is 5.11 Å². The molecule has 0 unspecified atom stereocenters. The Bertz CT molecular complexity index is 477. The summed E-state index contributed by atoms with van der Waals surface area (Å²) in [6, 6.07) is 0. The molecule has 0 aliphatic carbocycles. The van der Waals surface area contributed by atoms with Gasteiger partial charge in [0.05, 0.1) is 18.2 Å². The normalized spacial score (nSPS) is 10.4. The molecular formula is C8H6F2N2O5. The minimum Gasteiger partial charge on any atom is -0.494 e. The van der Waals surface area contributed by atoms with Gasteiger partial charge in [-0.1, -0.05) is 0 Å². The van der Waals surface area contributed by atoms with Gasteiger partial charge in [-0.25, -0.2) is 18.6 Å². The van der Waals surface area contributed by atoms with Gasteiger partial charge in [-0.3, -0.25) is 10.1 Å². The number of carbonyl (C=O) groups is 1. The van der Waals surface area contributed by atoms with Crippen molar-refractivity contribution in [3.05, 3.63) is 27.6 Å². The first-order valence-corrected chi connectivity index (χ1v) is 4.12. The number of aromatic carboxylic acids is 1. The molecule has 1 N–H and O–H groups in total. The highest BCUT2D eigenvalue weighted by atomic mass is 19.3. The van der Waals surface area contributed by atoms with Crippen LogP contribution in [0, 0.1) is 10.1 Å². The number of carboxylic acid groups (broad SMARTS) is 1. The van der Waals surface area contributed by atoms with Gasteiger partial charge in [0.1, 0.15) is 0 Å². The third-order valence-corrected chi connectivity index (χ3v) is 1.87. The van der Waals surface area contributed by atoms with Gasteiger partial charge in [0.15, 0.2) is 17.0 Å². The van der Waals surface area contributed by atoms with Gasteiger partial charge in [0, 0.05) is 0 Å². The number of carboxylic acids is 1. The Labute approximate surface area is 92.8 Å². The number of aromatic nitrogens is 1. The molecular weight excluding hydrogens is 242 g/mol. The SMILES string of the molecule is COc1cnc(C(F)F)c([N+](=O)[O-])c1C(=O)O. The Morgan fingerprint density at radius 2 is 2.24 bits per heavy atom. The minimum absolute atomic E-state index is 0.450. The molecule has 0 radical (unpaired) electrons. The summed E-state index contributed by atoms with van der Waals surface area (Å²) in [4.78, 5) is 23.4. The molecule has 0 bridgehead atoms. The first kappa shape index (κ1) is 12.7. The van der Waals surface area contributed by atoms with Crippen molar-refractivity contribution < 1.29 is 28.3 Å². The van der Waals surface area contributed by atoms with Crippen LogP contribution in [0.1, 0.15) is 22.5 Å². The lowest BCUT2D eigenvalue weighted by molar-refractivity contribution is -0.387. The molecule has 0 atom stereocenters. The third-order valence-electron chi connectivity index (χ3n) is 1.87. The Hall–Kier alpha value is -2.32. The fourth-order valence-electron chi connectivity index (χ4n) is 1.20. The summed E-state index contributed by atoms with van der Waals surface area (Å²) < 4.78 is 29.5. The predicted molar refractivity (Wildman–Crippen MR) is 49.4 cm³/mol. The number of methoxy groups -OCH3 is 1. The van der Waals surface area contributed by atoms with Gasteiger partial charge in [-0.2, -0.15) is 0 Å². The zero-order valence-electron chi connectivity index (χ0n) is 8.39. The number of hydrogen-bond acceptors (Lipinski definition) is 5. The summed E-state index contributed by atoms with van der Waals surface area (Å²) >= 11 is 0. The molecule has 0 saturated carbocycles. The molecule has 0 aromatic carbocycles. The van der Waals surface area contributed by atoms with E-state index in [2.05, 4.69) is 9.72 Å². The van der Waals surface area contributed by atoms with Gasteiger partial charge in [-0.15, -0.1) is 0 Å². The summed E-state index contributed by atoms with van der Waals surface area (Å²) in [5.41, 5.74) is -3.40. The maximum atomic E-state index is 12.5. The minimum atomic E-state index is -3.25. The van der Waals surface area contributed by atoms with E-state index >= 15 is 0 Å². The summed E-state index contributed by atoms with van der Waals surface area (Å²) in [5.74, 6) is -2.19. The molecule has 1 rings (SSSR count). The number of hydrogen-bond donors (Lipinski definition) is 1. The number of halogens is 2. The van der Waals surface area contributed by atoms with E-state index in [1.165, 1.54) is 0 Å². The van der Waals surface area contributed by atoms with Crippen molar-refractivity contribution in [2.45, 2.75) is 6.43 Å². The Kier molecular flexibility index (Phi) is 3.51. The number of alkyl halides is 2. The average Bonchev–Trinajstić information content (AvgIpc) is 2.26. The van der Waals surface area contributed by atoms with E-state index in [0.29, 0.717) is 6.20 Å². The van der Waals surface area contributed by atoms with Crippen LogP contribution in [0.3, 0.4) is 0 Å². The highest BCUT2D eigenvalue weighted by Crippen LogP contribution is 2.34. The standard InChI is InChI=1S/C8H6F2N2O5/c1-17-3-2-11-5(7(9)10)6(12(15)16)4(3)8(13)14/h2,7H,1H3,(H,13,14). The molecule has 0 fully saturated rings. The highest BCUT2D eigenvalue weighted by molar-refractivity contribution is 5.95. The van der Waals surface area contributed by atoms with Crippen LogP contribution in [-0.4, -0.2) is 28.1 Å². The molecule has 0 aliphatic rings. The van der Waals surface area contributed by atoms with Crippen LogP contribution >= 0.6 is 0 Å². The summed E-state index contributed by atoms with van der Waals surface area (Å²) in [7, 11) is 1.05. The molecule has 7 nitrogen and oxygen atoms in total. The maximum Gasteiger partial charge on any atom is 0.346 e. The zero-order valence-corrected chi connectivity index (χ0v) is 8.39. The van der Waals surface area contributed by atoms with Crippen LogP contribution in [0.5, 0.6) is 5.75 Å². The van der Waals surface area contributed by atoms with Crippen molar-refractivity contribution in [1.82, 2.24) is 4.98 Å². The molecule has 0 spiro atoms. The summed E-state index contributed by atoms with van der Waals surface area (Å²) in [6.45, 7) is 0. The van der Waals surface area contributed by atoms with E-state index in [9.17, 15) is 23.7 Å². The fraction of sp³-hybridized carbons (Fsp3) is 0.250. The van der Waals surface area contributed by atoms with Crippen LogP contribution in [0.15, 0.2) is 6.20 Å². The second-order valence-corrected chi connectivity index (χ2v) is 2.80. The van der Waals surface area contributed by atoms with Crippen molar-refractivity contribution in [2.24, 2.45) is 0 Å². The van der Waals surface area contributed by atoms with Crippen molar-refractivity contribution >= 4 is 11.7 Å². The van der Waals surface area contributed by atoms with Crippen molar-refractivity contribution in [2.75, 3.05) is 7.11 Å². The molecule has 1 aromatic heterocycles. The highest BCUT2D eigenvalue weighted by Gasteiger charge is 2.33. The van der Waals surface area contributed by atoms with Gasteiger partial charge in [-0.05, 0) is 0 Å². The lowest BCUT2D eigenvalue weighted by atomic mass is 10.1. The summed E-state index contributed by atoms with van der Waals surface area (Å²) in [5, 5.41) is 19.4. The van der Waals surface area contributed by atoms with Crippen LogP contribution in [0.2, 0.25) is 0 Å². The predicted octanol–water partition coefficient (Wildman–Crippen LogP) is 1.63. The first-order chi connectivity index (χ1) is 7.90. The quantitative estimate of drug-likeness (QED) is 0.641. The lowest BCUT2D eigenvalue weighted by Gasteiger charge is -2.07. The largest absolute Gasteiger partial charge is 0.494 e. The van der Waals surface area contributed by atoms with Gasteiger partial charge in [0.2, 0.25) is 0 Å². The molecule has 92 valence electrons. The van der Waals surface area contributed by atoms with Crippen molar-refractivity contribution in [3.63, 3.8) is 0 Å². The van der Waals surface area contributed by atoms with Crippen LogP contribution in [0.4, 0.5) is 14.5 Å². The lowest BCUT2D eigenvalue weighted by Crippen LogP contribution is -2.10. The van der Waals surface area contributed by atoms with E-state index in [0.717, 1.165) is 7.11 Å². The van der Waals surface area contributed by atoms with E-state index in [-0.39, 0.29) is 0 Å². The topological polar surface area (TPSA) is 103 Å². The van der Waals surface area contributed by atoms with Crippen LogP contribution in [-0.2, 0) is 0 Å². The van der Waals surface area contributed by atoms with Crippen molar-refractivity contribution in [1.29, 1.82) is 0 Å². The van der Waals surface area contributed by atoms with Gasteiger partial charge in [0.25, 0.3) is 6.43 Å². The van der Waals surface area contributed by atoms with Crippen LogP contribution < -0.4 is 4.74 Å². The number of nitrogens with zero attached hydrogens (tertiary/aromatic N) is 2. The van der Waals surface area contributed by atoms with Crippen molar-refractivity contribution in [3.8, 4) is 5.75 Å². The molecule has 17 heavy (non-hydrogen) atoms. The molecule has 1 heterocycles. The Morgan fingerprint density at radius 1 is 1.65 bits per heavy atom. The zero-order chi connectivity index (χ0) is 13.2. The monoisotopic (exact) mass is 248 g/mol. The molecule has 0 saturated heterocycles. The first-order valence-electron chi connectivity index (χ1n) is 4.12. The van der Waals surface area contributed by atoms with Crippen LogP contribution in [0.25, 0.3) is 0 Å². The molecule has 1 aromatic rings. The molecule has 0 amide bonds. The van der Waals surface area contributed by atoms with Gasteiger partial charge < -0.3 is 9.84 Å². The summed E-state index contributed by atoms with van der Waals surface area (Å²) in [6.07, 6.45) is -2.54. The Balaban J connectivity index is 3.65. The number of nitro groups is 1. The average molecular weight is 248 g/mol. The second-order valence-electron chi connectivity index (χ2n) is 2.80. The second kappa shape index (κ2) is 4.68. The number of ether oxygens (including phenoxy) is 1. The maximum absolute atomic E-state index is 12.5. The van der Waals surface area contributed by atoms with E-state index in [1.807, 2.05) is 0 Å². The van der Waals surface area contributed by atoms with Gasteiger partial charge >= 0.3 is 11.7 Å². The molecule has 0 aliphatic heterocycles. The fourth-order valence-corrected chi connectivity index (χ4v) is 1.20. The number of pyridine rings is 1. The molecule has 9 heteroatoms.